The second-order valence-corrected chi connectivity index (χ2v) is 6.35. The first kappa shape index (κ1) is 14.5. The maximum Gasteiger partial charge on any atom is 0.263 e. The van der Waals surface area contributed by atoms with Crippen molar-refractivity contribution in [2.75, 3.05) is 4.72 Å². The number of hydrogen-bond acceptors (Lipinski definition) is 3. The van der Waals surface area contributed by atoms with Crippen LogP contribution in [0.4, 0.5) is 10.1 Å². The van der Waals surface area contributed by atoms with E-state index in [1.165, 1.54) is 18.2 Å². The summed E-state index contributed by atoms with van der Waals surface area (Å²) in [6.07, 6.45) is 0. The molecule has 0 spiro atoms. The summed E-state index contributed by atoms with van der Waals surface area (Å²) in [5, 5.41) is 8.64. The number of nitrogens with zero attached hydrogens (tertiary/aromatic N) is 1. The van der Waals surface area contributed by atoms with Crippen LogP contribution in [-0.2, 0) is 10.0 Å². The highest BCUT2D eigenvalue weighted by atomic mass is 79.9. The highest BCUT2D eigenvalue weighted by Crippen LogP contribution is 2.25. The van der Waals surface area contributed by atoms with Crippen LogP contribution in [0.2, 0.25) is 0 Å². The summed E-state index contributed by atoms with van der Waals surface area (Å²) in [6.45, 7) is 0. The molecule has 0 heterocycles. The first-order valence-electron chi connectivity index (χ1n) is 5.41. The van der Waals surface area contributed by atoms with Crippen LogP contribution in [-0.4, -0.2) is 8.42 Å². The molecule has 0 aliphatic rings. The normalized spacial score (nSPS) is 10.8. The molecule has 4 nitrogen and oxygen atoms in total. The monoisotopic (exact) mass is 354 g/mol. The van der Waals surface area contributed by atoms with E-state index in [2.05, 4.69) is 20.7 Å². The van der Waals surface area contributed by atoms with Gasteiger partial charge in [-0.3, -0.25) is 4.72 Å². The first-order valence-corrected chi connectivity index (χ1v) is 7.68. The first-order chi connectivity index (χ1) is 9.44. The molecule has 0 unspecified atom stereocenters. The third-order valence-electron chi connectivity index (χ3n) is 2.47. The molecule has 2 rings (SSSR count). The minimum Gasteiger partial charge on any atom is -0.277 e. The van der Waals surface area contributed by atoms with Crippen molar-refractivity contribution in [1.82, 2.24) is 0 Å². The number of anilines is 1. The predicted octanol–water partition coefficient (Wildman–Crippen LogP) is 3.26. The highest BCUT2D eigenvalue weighted by Gasteiger charge is 2.18. The largest absolute Gasteiger partial charge is 0.277 e. The van der Waals surface area contributed by atoms with Gasteiger partial charge in [0.05, 0.1) is 17.3 Å². The van der Waals surface area contributed by atoms with Gasteiger partial charge in [0.2, 0.25) is 0 Å². The Morgan fingerprint density at radius 3 is 2.50 bits per heavy atom. The van der Waals surface area contributed by atoms with Crippen LogP contribution in [0.25, 0.3) is 0 Å². The molecule has 0 saturated heterocycles. The quantitative estimate of drug-likeness (QED) is 0.919. The number of nitriles is 1. The van der Waals surface area contributed by atoms with Gasteiger partial charge in [-0.15, -0.1) is 0 Å². The minimum atomic E-state index is -3.91. The number of nitrogens with one attached hydrogen (secondary N) is 1. The Balaban J connectivity index is 2.40. The molecule has 0 aromatic heterocycles. The smallest absolute Gasteiger partial charge is 0.263 e. The van der Waals surface area contributed by atoms with Crippen molar-refractivity contribution < 1.29 is 12.8 Å². The molecular formula is C13H8BrFN2O2S. The Labute approximate surface area is 124 Å². The third-order valence-corrected chi connectivity index (χ3v) is 4.85. The van der Waals surface area contributed by atoms with Crippen molar-refractivity contribution in [1.29, 1.82) is 5.26 Å². The average Bonchev–Trinajstić information content (AvgIpc) is 2.41. The zero-order valence-corrected chi connectivity index (χ0v) is 12.4. The molecule has 2 aromatic rings. The zero-order valence-electron chi connectivity index (χ0n) is 9.97. The number of sulfonamides is 1. The molecular weight excluding hydrogens is 347 g/mol. The number of rotatable bonds is 3. The standard InChI is InChI=1S/C13H8BrFN2O2S/c14-10-3-1-2-4-13(10)20(18,19)17-12-6-5-9(8-16)7-11(12)15/h1-7,17H. The molecule has 2 aromatic carbocycles. The Kier molecular flexibility index (Phi) is 4.06. The third kappa shape index (κ3) is 2.98. The van der Waals surface area contributed by atoms with E-state index in [4.69, 9.17) is 5.26 Å². The molecule has 0 aliphatic heterocycles. The lowest BCUT2D eigenvalue weighted by Gasteiger charge is -2.10. The van der Waals surface area contributed by atoms with Crippen molar-refractivity contribution in [3.63, 3.8) is 0 Å². The van der Waals surface area contributed by atoms with E-state index in [9.17, 15) is 12.8 Å². The Morgan fingerprint density at radius 1 is 1.20 bits per heavy atom. The summed E-state index contributed by atoms with van der Waals surface area (Å²) in [4.78, 5) is 0.00348. The van der Waals surface area contributed by atoms with E-state index in [-0.39, 0.29) is 16.1 Å². The molecule has 0 bridgehead atoms. The molecule has 0 radical (unpaired) electrons. The van der Waals surface area contributed by atoms with E-state index >= 15 is 0 Å². The van der Waals surface area contributed by atoms with Crippen LogP contribution < -0.4 is 4.72 Å². The zero-order chi connectivity index (χ0) is 14.8. The summed E-state index contributed by atoms with van der Waals surface area (Å²) >= 11 is 3.13. The fourth-order valence-electron chi connectivity index (χ4n) is 1.53. The second kappa shape index (κ2) is 5.61. The molecule has 0 aliphatic carbocycles. The van der Waals surface area contributed by atoms with Gasteiger partial charge in [-0.25, -0.2) is 12.8 Å². The van der Waals surface area contributed by atoms with Crippen LogP contribution in [0.3, 0.4) is 0 Å². The van der Waals surface area contributed by atoms with Crippen molar-refractivity contribution >= 4 is 31.6 Å². The maximum absolute atomic E-state index is 13.7. The van der Waals surface area contributed by atoms with Gasteiger partial charge in [-0.05, 0) is 46.3 Å². The molecule has 0 amide bonds. The van der Waals surface area contributed by atoms with E-state index in [1.54, 1.807) is 24.3 Å². The van der Waals surface area contributed by atoms with Gasteiger partial charge in [-0.2, -0.15) is 5.26 Å². The van der Waals surface area contributed by atoms with Gasteiger partial charge >= 0.3 is 0 Å². The van der Waals surface area contributed by atoms with Gasteiger partial charge in [-0.1, -0.05) is 12.1 Å². The van der Waals surface area contributed by atoms with Gasteiger partial charge < -0.3 is 0 Å². The van der Waals surface area contributed by atoms with E-state index in [0.29, 0.717) is 4.47 Å². The summed E-state index contributed by atoms with van der Waals surface area (Å²) in [6, 6.07) is 11.5. The van der Waals surface area contributed by atoms with Gasteiger partial charge in [0.1, 0.15) is 10.7 Å². The fraction of sp³-hybridized carbons (Fsp3) is 0. The van der Waals surface area contributed by atoms with Crippen LogP contribution in [0.5, 0.6) is 0 Å². The summed E-state index contributed by atoms with van der Waals surface area (Å²) < 4.78 is 40.5. The molecule has 20 heavy (non-hydrogen) atoms. The lowest BCUT2D eigenvalue weighted by molar-refractivity contribution is 0.598. The molecule has 1 N–H and O–H groups in total. The van der Waals surface area contributed by atoms with Gasteiger partial charge in [0, 0.05) is 4.47 Å². The SMILES string of the molecule is N#Cc1ccc(NS(=O)(=O)c2ccccc2Br)c(F)c1. The highest BCUT2D eigenvalue weighted by molar-refractivity contribution is 9.10. The topological polar surface area (TPSA) is 70.0 Å². The number of hydrogen-bond donors (Lipinski definition) is 1. The Morgan fingerprint density at radius 2 is 1.90 bits per heavy atom. The number of benzene rings is 2. The van der Waals surface area contributed by atoms with Crippen molar-refractivity contribution in [2.45, 2.75) is 4.90 Å². The predicted molar refractivity (Wildman–Crippen MR) is 76.1 cm³/mol. The van der Waals surface area contributed by atoms with Crippen molar-refractivity contribution in [3.05, 3.63) is 58.3 Å². The maximum atomic E-state index is 13.7. The van der Waals surface area contributed by atoms with Crippen LogP contribution in [0.1, 0.15) is 5.56 Å². The molecule has 0 atom stereocenters. The lowest BCUT2D eigenvalue weighted by atomic mass is 10.2. The molecule has 0 fully saturated rings. The van der Waals surface area contributed by atoms with Crippen LogP contribution in [0.15, 0.2) is 51.8 Å². The average molecular weight is 355 g/mol. The second-order valence-electron chi connectivity index (χ2n) is 3.84. The van der Waals surface area contributed by atoms with Gasteiger partial charge in [0.15, 0.2) is 0 Å². The Hall–Kier alpha value is -1.91. The molecule has 7 heteroatoms. The molecule has 102 valence electrons. The summed E-state index contributed by atoms with van der Waals surface area (Å²) in [5.41, 5.74) is -0.0916. The van der Waals surface area contributed by atoms with Gasteiger partial charge in [0.25, 0.3) is 10.0 Å². The van der Waals surface area contributed by atoms with Crippen molar-refractivity contribution in [3.8, 4) is 6.07 Å². The summed E-state index contributed by atoms with van der Waals surface area (Å²) in [5.74, 6) is -0.806. The van der Waals surface area contributed by atoms with Crippen LogP contribution in [0, 0.1) is 17.1 Å². The van der Waals surface area contributed by atoms with E-state index in [1.807, 2.05) is 0 Å². The van der Waals surface area contributed by atoms with Crippen LogP contribution >= 0.6 is 15.9 Å². The minimum absolute atomic E-state index is 0.00348. The lowest BCUT2D eigenvalue weighted by Crippen LogP contribution is -2.14. The molecule has 0 saturated carbocycles. The van der Waals surface area contributed by atoms with E-state index < -0.39 is 15.8 Å². The summed E-state index contributed by atoms with van der Waals surface area (Å²) in [7, 11) is -3.91. The van der Waals surface area contributed by atoms with Crippen molar-refractivity contribution in [2.24, 2.45) is 0 Å². The fourth-order valence-corrected chi connectivity index (χ4v) is 3.60. The number of halogens is 2. The Bertz CT molecular complexity index is 800. The van der Waals surface area contributed by atoms with E-state index in [0.717, 1.165) is 6.07 Å².